The molecule has 0 fully saturated rings. The van der Waals surface area contributed by atoms with Gasteiger partial charge >= 0.3 is 0 Å². The molecule has 124 valence electrons. The summed E-state index contributed by atoms with van der Waals surface area (Å²) >= 11 is 18.6. The van der Waals surface area contributed by atoms with E-state index in [4.69, 9.17) is 39.5 Å². The lowest BCUT2D eigenvalue weighted by atomic mass is 9.98. The van der Waals surface area contributed by atoms with Crippen molar-refractivity contribution in [3.8, 4) is 0 Å². The van der Waals surface area contributed by atoms with Gasteiger partial charge in [-0.15, -0.1) is 0 Å². The van der Waals surface area contributed by atoms with Gasteiger partial charge in [-0.2, -0.15) is 0 Å². The number of benzene rings is 2. The van der Waals surface area contributed by atoms with Crippen LogP contribution in [0.2, 0.25) is 0 Å². The minimum Gasteiger partial charge on any atom is -0.357 e. The van der Waals surface area contributed by atoms with E-state index in [9.17, 15) is 4.79 Å². The maximum absolute atomic E-state index is 12.0. The summed E-state index contributed by atoms with van der Waals surface area (Å²) < 4.78 is 4.00. The van der Waals surface area contributed by atoms with Crippen LogP contribution in [0.15, 0.2) is 71.4 Å². The van der Waals surface area contributed by atoms with E-state index in [1.54, 1.807) is 12.0 Å². The highest BCUT2D eigenvalue weighted by molar-refractivity contribution is 6.70. The Morgan fingerprint density at radius 2 is 1.54 bits per heavy atom. The number of hydrogen-bond donors (Lipinski definition) is 0. The fourth-order valence-corrected chi connectivity index (χ4v) is 3.79. The van der Waals surface area contributed by atoms with Gasteiger partial charge in [0.05, 0.1) is 5.70 Å². The molecule has 1 aliphatic rings. The lowest BCUT2D eigenvalue weighted by Gasteiger charge is -2.43. The predicted octanol–water partition coefficient (Wildman–Crippen LogP) is 5.05. The van der Waals surface area contributed by atoms with Crippen molar-refractivity contribution in [2.75, 3.05) is 12.0 Å². The van der Waals surface area contributed by atoms with Crippen LogP contribution in [0.1, 0.15) is 11.8 Å². The Balaban J connectivity index is 2.16. The van der Waals surface area contributed by atoms with Crippen LogP contribution in [-0.2, 0) is 9.53 Å². The molecule has 6 heteroatoms. The molecule has 0 aliphatic heterocycles. The number of rotatable bonds is 5. The van der Waals surface area contributed by atoms with Crippen molar-refractivity contribution >= 4 is 46.3 Å². The van der Waals surface area contributed by atoms with E-state index in [0.717, 1.165) is 11.3 Å². The zero-order valence-corrected chi connectivity index (χ0v) is 15.0. The van der Waals surface area contributed by atoms with Gasteiger partial charge in [0.25, 0.3) is 0 Å². The van der Waals surface area contributed by atoms with E-state index >= 15 is 0 Å². The number of Topliss-reactive ketones (excluding diaryl/α,β-unsaturated/α-hetero) is 1. The second-order valence-corrected chi connectivity index (χ2v) is 6.98. The van der Waals surface area contributed by atoms with Gasteiger partial charge in [-0.05, 0) is 12.1 Å². The third-order valence-corrected chi connectivity index (χ3v) is 4.86. The monoisotopic (exact) mass is 381 g/mol. The van der Waals surface area contributed by atoms with Gasteiger partial charge in [0.2, 0.25) is 10.1 Å². The number of hydrogen-bond acceptors (Lipinski definition) is 3. The molecule has 3 nitrogen and oxygen atoms in total. The highest BCUT2D eigenvalue weighted by Gasteiger charge is 2.55. The zero-order valence-electron chi connectivity index (χ0n) is 12.7. The van der Waals surface area contributed by atoms with Crippen LogP contribution >= 0.6 is 34.8 Å². The zero-order chi connectivity index (χ0) is 17.3. The number of halogens is 3. The molecule has 2 aromatic rings. The van der Waals surface area contributed by atoms with Gasteiger partial charge in [-0.1, -0.05) is 83.3 Å². The van der Waals surface area contributed by atoms with E-state index in [0.29, 0.717) is 5.70 Å². The highest BCUT2D eigenvalue weighted by atomic mass is 35.5. The molecule has 0 bridgehead atoms. The van der Waals surface area contributed by atoms with Crippen molar-refractivity contribution < 1.29 is 9.53 Å². The van der Waals surface area contributed by atoms with E-state index in [2.05, 4.69) is 0 Å². The van der Waals surface area contributed by atoms with Gasteiger partial charge in [0, 0.05) is 18.4 Å². The summed E-state index contributed by atoms with van der Waals surface area (Å²) in [5, 5.41) is 0.0156. The van der Waals surface area contributed by atoms with Crippen molar-refractivity contribution in [3.63, 3.8) is 0 Å². The van der Waals surface area contributed by atoms with Crippen LogP contribution in [0.4, 0.5) is 5.69 Å². The van der Waals surface area contributed by atoms with Crippen molar-refractivity contribution in [2.45, 2.75) is 10.6 Å². The normalized spacial score (nSPS) is 17.4. The fourth-order valence-electron chi connectivity index (χ4n) is 2.66. The number of anilines is 1. The first-order chi connectivity index (χ1) is 11.5. The Bertz CT molecular complexity index is 775. The summed E-state index contributed by atoms with van der Waals surface area (Å²) in [4.78, 5) is 13.7. The number of ketones is 1. The molecule has 0 amide bonds. The smallest absolute Gasteiger partial charge is 0.222 e. The molecule has 0 heterocycles. The second-order valence-electron chi connectivity index (χ2n) is 5.27. The van der Waals surface area contributed by atoms with Crippen LogP contribution in [-0.4, -0.2) is 17.2 Å². The minimum atomic E-state index is -1.70. The average molecular weight is 383 g/mol. The van der Waals surface area contributed by atoms with Crippen LogP contribution in [0.3, 0.4) is 0 Å². The molecular weight excluding hydrogens is 369 g/mol. The van der Waals surface area contributed by atoms with Crippen molar-refractivity contribution in [2.24, 2.45) is 0 Å². The van der Waals surface area contributed by atoms with Gasteiger partial charge in [0.1, 0.15) is 5.03 Å². The molecule has 1 atom stereocenters. The third kappa shape index (κ3) is 2.82. The number of para-hydroxylation sites is 1. The van der Waals surface area contributed by atoms with Crippen LogP contribution < -0.4 is 4.90 Å². The fraction of sp³-hybridized carbons (Fsp3) is 0.167. The Morgan fingerprint density at radius 3 is 2.04 bits per heavy atom. The summed E-state index contributed by atoms with van der Waals surface area (Å²) in [6.45, 7) is 0. The molecule has 2 aromatic carbocycles. The minimum absolute atomic E-state index is 0.0156. The summed E-state index contributed by atoms with van der Waals surface area (Å²) in [7, 11) is 1.58. The Morgan fingerprint density at radius 1 is 1.00 bits per heavy atom. The van der Waals surface area contributed by atoms with E-state index in [1.807, 2.05) is 60.7 Å². The topological polar surface area (TPSA) is 29.5 Å². The lowest BCUT2D eigenvalue weighted by Crippen LogP contribution is -2.49. The Kier molecular flexibility index (Phi) is 4.88. The highest BCUT2D eigenvalue weighted by Crippen LogP contribution is 2.51. The molecule has 1 aliphatic carbocycles. The average Bonchev–Trinajstić information content (AvgIpc) is 2.62. The molecule has 0 saturated heterocycles. The van der Waals surface area contributed by atoms with Crippen LogP contribution in [0.5, 0.6) is 0 Å². The number of methoxy groups -OCH3 is 1. The summed E-state index contributed by atoms with van der Waals surface area (Å²) in [5.41, 5.74) is 1.96. The molecule has 0 radical (unpaired) electrons. The molecule has 3 rings (SSSR count). The number of nitrogens with zero attached hydrogens (tertiary/aromatic N) is 1. The van der Waals surface area contributed by atoms with Crippen molar-refractivity contribution in [3.05, 3.63) is 77.0 Å². The number of carbonyl (C=O) groups excluding carboxylic acids is 1. The van der Waals surface area contributed by atoms with E-state index < -0.39 is 16.3 Å². The molecule has 0 spiro atoms. The molecular formula is C18H14Cl3NO2. The largest absolute Gasteiger partial charge is 0.357 e. The number of ether oxygens (including phenoxy) is 1. The molecule has 0 N–H and O–H groups in total. The first-order valence-electron chi connectivity index (χ1n) is 7.23. The van der Waals surface area contributed by atoms with Gasteiger partial charge in [-0.3, -0.25) is 4.79 Å². The van der Waals surface area contributed by atoms with E-state index in [1.165, 1.54) is 0 Å². The molecule has 0 aromatic heterocycles. The molecule has 24 heavy (non-hydrogen) atoms. The van der Waals surface area contributed by atoms with Crippen molar-refractivity contribution in [1.82, 2.24) is 0 Å². The first-order valence-corrected chi connectivity index (χ1v) is 8.36. The van der Waals surface area contributed by atoms with Crippen LogP contribution in [0.25, 0.3) is 0 Å². The Hall–Kier alpha value is -1.52. The quantitative estimate of drug-likeness (QED) is 0.535. The van der Waals surface area contributed by atoms with Gasteiger partial charge in [-0.25, -0.2) is 0 Å². The SMILES string of the molecule is COC(c1ccccc1)N(C1=C(Cl)C(=O)C1(Cl)Cl)c1ccccc1. The maximum Gasteiger partial charge on any atom is 0.222 e. The summed E-state index contributed by atoms with van der Waals surface area (Å²) in [5.74, 6) is -0.508. The molecule has 1 unspecified atom stereocenters. The number of alkyl halides is 2. The third-order valence-electron chi connectivity index (χ3n) is 3.81. The maximum atomic E-state index is 12.0. The van der Waals surface area contributed by atoms with Gasteiger partial charge < -0.3 is 9.64 Å². The summed E-state index contributed by atoms with van der Waals surface area (Å²) in [6.07, 6.45) is -0.540. The summed E-state index contributed by atoms with van der Waals surface area (Å²) in [6, 6.07) is 18.9. The molecule has 0 saturated carbocycles. The number of allylic oxidation sites excluding steroid dienone is 2. The van der Waals surface area contributed by atoms with E-state index in [-0.39, 0.29) is 5.03 Å². The number of carbonyl (C=O) groups is 1. The Labute approximate surface area is 155 Å². The van der Waals surface area contributed by atoms with Crippen molar-refractivity contribution in [1.29, 1.82) is 0 Å². The van der Waals surface area contributed by atoms with Gasteiger partial charge in [0.15, 0.2) is 6.23 Å². The van der Waals surface area contributed by atoms with Crippen LogP contribution in [0, 0.1) is 0 Å². The standard InChI is InChI=1S/C18H14Cl3NO2/c1-24-17(12-8-4-2-5-9-12)22(13-10-6-3-7-11-13)15-14(19)16(23)18(15,20)21/h2-11,17H,1H3. The second kappa shape index (κ2) is 6.77. The lowest BCUT2D eigenvalue weighted by molar-refractivity contribution is -0.116. The first kappa shape index (κ1) is 17.3. The predicted molar refractivity (Wildman–Crippen MR) is 97.4 cm³/mol.